The average molecular weight is 232 g/mol. The van der Waals surface area contributed by atoms with Gasteiger partial charge in [-0.15, -0.1) is 0 Å². The molecule has 1 aliphatic carbocycles. The number of sulfone groups is 1. The minimum Gasteiger partial charge on any atom is -0.330 e. The van der Waals surface area contributed by atoms with Crippen LogP contribution in [-0.2, 0) is 9.84 Å². The molecule has 0 spiro atoms. The van der Waals surface area contributed by atoms with Gasteiger partial charge >= 0.3 is 0 Å². The van der Waals surface area contributed by atoms with E-state index >= 15 is 0 Å². The Morgan fingerprint density at radius 2 is 2.13 bits per heavy atom. The van der Waals surface area contributed by atoms with Gasteiger partial charge < -0.3 is 5.73 Å². The molecule has 0 amide bonds. The molecule has 15 heavy (non-hydrogen) atoms. The zero-order valence-corrected chi connectivity index (χ0v) is 10.0. The lowest BCUT2D eigenvalue weighted by molar-refractivity contribution is 0.0447. The smallest absolute Gasteiger partial charge is 0.153 e. The molecular formula is C10H20N2O2S. The Labute approximate surface area is 91.7 Å². The quantitative estimate of drug-likeness (QED) is 0.719. The van der Waals surface area contributed by atoms with Gasteiger partial charge in [-0.2, -0.15) is 0 Å². The van der Waals surface area contributed by atoms with Gasteiger partial charge in [-0.05, 0) is 32.2 Å². The minimum atomic E-state index is -2.78. The Morgan fingerprint density at radius 3 is 2.60 bits per heavy atom. The first-order valence-corrected chi connectivity index (χ1v) is 7.52. The second-order valence-corrected chi connectivity index (χ2v) is 7.07. The predicted octanol–water partition coefficient (Wildman–Crippen LogP) is -0.157. The van der Waals surface area contributed by atoms with Gasteiger partial charge in [0.2, 0.25) is 0 Å². The second kappa shape index (κ2) is 4.03. The third-order valence-corrected chi connectivity index (χ3v) is 5.62. The highest BCUT2D eigenvalue weighted by atomic mass is 32.2. The summed E-state index contributed by atoms with van der Waals surface area (Å²) < 4.78 is 22.9. The van der Waals surface area contributed by atoms with Crippen LogP contribution in [-0.4, -0.2) is 50.0 Å². The summed E-state index contributed by atoms with van der Waals surface area (Å²) in [7, 11) is -2.78. The second-order valence-electron chi connectivity index (χ2n) is 4.84. The van der Waals surface area contributed by atoms with Crippen LogP contribution in [0, 0.1) is 5.92 Å². The van der Waals surface area contributed by atoms with Crippen LogP contribution in [0.2, 0.25) is 0 Å². The van der Waals surface area contributed by atoms with Crippen LogP contribution in [0.1, 0.15) is 19.8 Å². The maximum absolute atomic E-state index is 11.4. The topological polar surface area (TPSA) is 63.4 Å². The van der Waals surface area contributed by atoms with Crippen LogP contribution >= 0.6 is 0 Å². The molecule has 88 valence electrons. The van der Waals surface area contributed by atoms with Crippen molar-refractivity contribution in [3.05, 3.63) is 0 Å². The molecule has 3 unspecified atom stereocenters. The summed E-state index contributed by atoms with van der Waals surface area (Å²) in [6, 6.07) is 0.712. The number of nitrogens with zero attached hydrogens (tertiary/aromatic N) is 1. The fourth-order valence-electron chi connectivity index (χ4n) is 2.77. The highest BCUT2D eigenvalue weighted by Gasteiger charge is 2.40. The van der Waals surface area contributed by atoms with E-state index in [1.807, 2.05) is 6.92 Å². The van der Waals surface area contributed by atoms with Crippen molar-refractivity contribution in [2.24, 2.45) is 11.7 Å². The van der Waals surface area contributed by atoms with E-state index in [2.05, 4.69) is 4.90 Å². The molecule has 2 N–H and O–H groups in total. The highest BCUT2D eigenvalue weighted by Crippen LogP contribution is 2.33. The van der Waals surface area contributed by atoms with E-state index in [1.54, 1.807) is 0 Å². The lowest BCUT2D eigenvalue weighted by Crippen LogP contribution is -2.58. The Hall–Kier alpha value is -0.130. The van der Waals surface area contributed by atoms with Crippen molar-refractivity contribution in [2.75, 3.05) is 24.6 Å². The highest BCUT2D eigenvalue weighted by molar-refractivity contribution is 7.91. The van der Waals surface area contributed by atoms with E-state index in [9.17, 15) is 8.42 Å². The van der Waals surface area contributed by atoms with Crippen molar-refractivity contribution >= 4 is 9.84 Å². The molecule has 0 aromatic carbocycles. The summed E-state index contributed by atoms with van der Waals surface area (Å²) in [5.41, 5.74) is 5.68. The van der Waals surface area contributed by atoms with Gasteiger partial charge in [0.1, 0.15) is 0 Å². The van der Waals surface area contributed by atoms with E-state index in [1.165, 1.54) is 12.8 Å². The summed E-state index contributed by atoms with van der Waals surface area (Å²) in [6.07, 6.45) is 2.39. The molecule has 1 heterocycles. The van der Waals surface area contributed by atoms with Gasteiger partial charge in [0.15, 0.2) is 9.84 Å². The molecule has 3 atom stereocenters. The van der Waals surface area contributed by atoms with Gasteiger partial charge in [0.05, 0.1) is 11.5 Å². The number of hydrogen-bond donors (Lipinski definition) is 1. The van der Waals surface area contributed by atoms with E-state index in [0.29, 0.717) is 30.0 Å². The fourth-order valence-corrected chi connectivity index (χ4v) is 4.35. The maximum atomic E-state index is 11.4. The standard InChI is InChI=1S/C10H20N2O2S/c1-8-7-15(13,14)5-4-12(8)10-3-2-9(10)6-11/h8-10H,2-7,11H2,1H3. The van der Waals surface area contributed by atoms with Crippen LogP contribution in [0.15, 0.2) is 0 Å². The zero-order valence-electron chi connectivity index (χ0n) is 9.22. The third-order valence-electron chi connectivity index (χ3n) is 3.83. The number of nitrogens with two attached hydrogens (primary N) is 1. The molecule has 1 saturated heterocycles. The summed E-state index contributed by atoms with van der Waals surface area (Å²) >= 11 is 0. The van der Waals surface area contributed by atoms with Crippen LogP contribution in [0.4, 0.5) is 0 Å². The SMILES string of the molecule is CC1CS(=O)(=O)CCN1C1CCC1CN. The summed E-state index contributed by atoms with van der Waals surface area (Å²) in [5, 5.41) is 0. The van der Waals surface area contributed by atoms with Crippen molar-refractivity contribution in [3.8, 4) is 0 Å². The predicted molar refractivity (Wildman–Crippen MR) is 60.4 cm³/mol. The van der Waals surface area contributed by atoms with Gasteiger partial charge in [0.25, 0.3) is 0 Å². The first-order valence-electron chi connectivity index (χ1n) is 5.70. The number of hydrogen-bond acceptors (Lipinski definition) is 4. The first-order chi connectivity index (χ1) is 7.03. The van der Waals surface area contributed by atoms with Gasteiger partial charge in [0, 0.05) is 18.6 Å². The van der Waals surface area contributed by atoms with Crippen LogP contribution in [0.25, 0.3) is 0 Å². The van der Waals surface area contributed by atoms with Crippen molar-refractivity contribution in [1.82, 2.24) is 4.90 Å². The zero-order chi connectivity index (χ0) is 11.1. The van der Waals surface area contributed by atoms with Crippen LogP contribution in [0.3, 0.4) is 0 Å². The Bertz CT molecular complexity index is 326. The van der Waals surface area contributed by atoms with E-state index < -0.39 is 9.84 Å². The molecule has 0 bridgehead atoms. The fraction of sp³-hybridized carbons (Fsp3) is 1.00. The van der Waals surface area contributed by atoms with Gasteiger partial charge in [-0.25, -0.2) is 8.42 Å². The van der Waals surface area contributed by atoms with Gasteiger partial charge in [-0.1, -0.05) is 0 Å². The lowest BCUT2D eigenvalue weighted by Gasteiger charge is -2.48. The van der Waals surface area contributed by atoms with Crippen molar-refractivity contribution < 1.29 is 8.42 Å². The molecule has 2 fully saturated rings. The lowest BCUT2D eigenvalue weighted by atomic mass is 9.78. The number of rotatable bonds is 2. The van der Waals surface area contributed by atoms with Gasteiger partial charge in [-0.3, -0.25) is 4.90 Å². The summed E-state index contributed by atoms with van der Waals surface area (Å²) in [4.78, 5) is 2.35. The molecule has 1 saturated carbocycles. The Kier molecular flexibility index (Phi) is 3.05. The molecule has 0 aromatic rings. The van der Waals surface area contributed by atoms with E-state index in [4.69, 9.17) is 5.73 Å². The molecule has 5 heteroatoms. The molecule has 2 aliphatic rings. The maximum Gasteiger partial charge on any atom is 0.153 e. The molecule has 4 nitrogen and oxygen atoms in total. The van der Waals surface area contributed by atoms with E-state index in [-0.39, 0.29) is 6.04 Å². The summed E-state index contributed by atoms with van der Waals surface area (Å²) in [5.74, 6) is 1.24. The third kappa shape index (κ3) is 2.19. The minimum absolute atomic E-state index is 0.170. The average Bonchev–Trinajstić information content (AvgIpc) is 2.08. The van der Waals surface area contributed by atoms with Crippen molar-refractivity contribution in [2.45, 2.75) is 31.8 Å². The Morgan fingerprint density at radius 1 is 1.40 bits per heavy atom. The molecular weight excluding hydrogens is 212 g/mol. The van der Waals surface area contributed by atoms with Crippen LogP contribution < -0.4 is 5.73 Å². The Balaban J connectivity index is 2.00. The molecule has 0 radical (unpaired) electrons. The van der Waals surface area contributed by atoms with Crippen LogP contribution in [0.5, 0.6) is 0 Å². The molecule has 1 aliphatic heterocycles. The van der Waals surface area contributed by atoms with Crippen molar-refractivity contribution in [3.63, 3.8) is 0 Å². The summed E-state index contributed by atoms with van der Waals surface area (Å²) in [6.45, 7) is 3.45. The molecule has 2 rings (SSSR count). The van der Waals surface area contributed by atoms with Crippen molar-refractivity contribution in [1.29, 1.82) is 0 Å². The molecule has 0 aromatic heterocycles. The van der Waals surface area contributed by atoms with E-state index in [0.717, 1.165) is 6.54 Å². The normalized spacial score (nSPS) is 41.1. The first kappa shape index (κ1) is 11.4. The largest absolute Gasteiger partial charge is 0.330 e. The monoisotopic (exact) mass is 232 g/mol.